The molecule has 6 nitrogen and oxygen atoms in total. The van der Waals surface area contributed by atoms with Gasteiger partial charge in [0.05, 0.1) is 12.4 Å². The summed E-state index contributed by atoms with van der Waals surface area (Å²) >= 11 is 0. The van der Waals surface area contributed by atoms with E-state index in [4.69, 9.17) is 0 Å². The smallest absolute Gasteiger partial charge is 0.379 e. The summed E-state index contributed by atoms with van der Waals surface area (Å²) in [6, 6.07) is 5.57. The van der Waals surface area contributed by atoms with Gasteiger partial charge >= 0.3 is 5.97 Å². The molecule has 0 saturated heterocycles. The SMILES string of the molecule is CCOC(=O)C(=O)c1ccc(NS(=O)(=O)CC)cc1. The average molecular weight is 285 g/mol. The van der Waals surface area contributed by atoms with Crippen LogP contribution in [0.3, 0.4) is 0 Å². The lowest BCUT2D eigenvalue weighted by Crippen LogP contribution is -2.18. The zero-order valence-corrected chi connectivity index (χ0v) is 11.5. The van der Waals surface area contributed by atoms with Crippen molar-refractivity contribution in [2.45, 2.75) is 13.8 Å². The first-order chi connectivity index (χ1) is 8.89. The molecule has 0 radical (unpaired) electrons. The van der Waals surface area contributed by atoms with Crippen molar-refractivity contribution in [2.75, 3.05) is 17.1 Å². The highest BCUT2D eigenvalue weighted by Crippen LogP contribution is 2.12. The molecule has 0 spiro atoms. The minimum Gasteiger partial charge on any atom is -0.460 e. The van der Waals surface area contributed by atoms with Crippen molar-refractivity contribution in [1.29, 1.82) is 0 Å². The quantitative estimate of drug-likeness (QED) is 0.482. The molecule has 0 aromatic heterocycles. The zero-order chi connectivity index (χ0) is 14.5. The number of hydrogen-bond acceptors (Lipinski definition) is 5. The Morgan fingerprint density at radius 1 is 1.16 bits per heavy atom. The van der Waals surface area contributed by atoms with Gasteiger partial charge in [0.2, 0.25) is 10.0 Å². The number of anilines is 1. The van der Waals surface area contributed by atoms with Crippen LogP contribution in [0.25, 0.3) is 0 Å². The topological polar surface area (TPSA) is 89.5 Å². The molecule has 1 N–H and O–H groups in total. The predicted molar refractivity (Wildman–Crippen MR) is 70.5 cm³/mol. The van der Waals surface area contributed by atoms with E-state index in [0.717, 1.165) is 0 Å². The Balaban J connectivity index is 2.82. The van der Waals surface area contributed by atoms with Crippen LogP contribution in [-0.2, 0) is 19.6 Å². The second-order valence-corrected chi connectivity index (χ2v) is 5.64. The Hall–Kier alpha value is -1.89. The van der Waals surface area contributed by atoms with Gasteiger partial charge in [-0.2, -0.15) is 0 Å². The zero-order valence-electron chi connectivity index (χ0n) is 10.7. The van der Waals surface area contributed by atoms with Crippen molar-refractivity contribution in [3.05, 3.63) is 29.8 Å². The fraction of sp³-hybridized carbons (Fsp3) is 0.333. The highest BCUT2D eigenvalue weighted by atomic mass is 32.2. The normalized spacial score (nSPS) is 10.8. The van der Waals surface area contributed by atoms with Crippen LogP contribution in [0.15, 0.2) is 24.3 Å². The first-order valence-electron chi connectivity index (χ1n) is 5.71. The summed E-state index contributed by atoms with van der Waals surface area (Å²) in [7, 11) is -3.36. The van der Waals surface area contributed by atoms with E-state index in [1.807, 2.05) is 0 Å². The molecular formula is C12H15NO5S. The van der Waals surface area contributed by atoms with Gasteiger partial charge in [-0.1, -0.05) is 0 Å². The lowest BCUT2D eigenvalue weighted by molar-refractivity contribution is -0.137. The third kappa shape index (κ3) is 4.36. The number of esters is 1. The van der Waals surface area contributed by atoms with E-state index in [1.54, 1.807) is 6.92 Å². The van der Waals surface area contributed by atoms with E-state index >= 15 is 0 Å². The molecule has 0 atom stereocenters. The van der Waals surface area contributed by atoms with Gasteiger partial charge < -0.3 is 4.74 Å². The molecule has 7 heteroatoms. The summed E-state index contributed by atoms with van der Waals surface area (Å²) in [5, 5.41) is 0. The number of carbonyl (C=O) groups excluding carboxylic acids is 2. The van der Waals surface area contributed by atoms with Crippen LogP contribution in [-0.4, -0.2) is 32.5 Å². The van der Waals surface area contributed by atoms with Gasteiger partial charge in [0.15, 0.2) is 0 Å². The van der Waals surface area contributed by atoms with Crippen molar-refractivity contribution in [1.82, 2.24) is 0 Å². The maximum atomic E-state index is 11.6. The van der Waals surface area contributed by atoms with E-state index < -0.39 is 21.8 Å². The molecule has 0 heterocycles. The predicted octanol–water partition coefficient (Wildman–Crippen LogP) is 1.19. The third-order valence-electron chi connectivity index (χ3n) is 2.26. The molecule has 0 saturated carbocycles. The van der Waals surface area contributed by atoms with Crippen LogP contribution in [0.5, 0.6) is 0 Å². The first-order valence-corrected chi connectivity index (χ1v) is 7.37. The van der Waals surface area contributed by atoms with Gasteiger partial charge in [-0.3, -0.25) is 9.52 Å². The Kier molecular flexibility index (Phi) is 5.05. The number of carbonyl (C=O) groups is 2. The van der Waals surface area contributed by atoms with Gasteiger partial charge in [0, 0.05) is 11.3 Å². The van der Waals surface area contributed by atoms with Crippen LogP contribution in [0.4, 0.5) is 5.69 Å². The molecule has 0 fully saturated rings. The monoisotopic (exact) mass is 285 g/mol. The highest BCUT2D eigenvalue weighted by Gasteiger charge is 2.17. The molecule has 104 valence electrons. The van der Waals surface area contributed by atoms with E-state index in [2.05, 4.69) is 9.46 Å². The van der Waals surface area contributed by atoms with Gasteiger partial charge in [0.1, 0.15) is 0 Å². The average Bonchev–Trinajstić information content (AvgIpc) is 2.38. The van der Waals surface area contributed by atoms with Gasteiger partial charge in [-0.05, 0) is 38.1 Å². The molecule has 0 aliphatic heterocycles. The Morgan fingerprint density at radius 2 is 1.74 bits per heavy atom. The van der Waals surface area contributed by atoms with Crippen LogP contribution in [0.1, 0.15) is 24.2 Å². The fourth-order valence-electron chi connectivity index (χ4n) is 1.26. The molecule has 1 aromatic rings. The maximum absolute atomic E-state index is 11.6. The maximum Gasteiger partial charge on any atom is 0.379 e. The van der Waals surface area contributed by atoms with Crippen LogP contribution in [0, 0.1) is 0 Å². The molecule has 0 aliphatic rings. The molecule has 0 unspecified atom stereocenters. The van der Waals surface area contributed by atoms with E-state index in [1.165, 1.54) is 31.2 Å². The first kappa shape index (κ1) is 15.2. The number of ether oxygens (including phenoxy) is 1. The summed E-state index contributed by atoms with van der Waals surface area (Å²) in [5.41, 5.74) is 0.486. The molecule has 19 heavy (non-hydrogen) atoms. The molecular weight excluding hydrogens is 270 g/mol. The van der Waals surface area contributed by atoms with E-state index in [-0.39, 0.29) is 17.9 Å². The number of ketones is 1. The second-order valence-electron chi connectivity index (χ2n) is 3.63. The van der Waals surface area contributed by atoms with Crippen molar-refractivity contribution < 1.29 is 22.7 Å². The van der Waals surface area contributed by atoms with Gasteiger partial charge in [-0.25, -0.2) is 13.2 Å². The van der Waals surface area contributed by atoms with Gasteiger partial charge in [0.25, 0.3) is 5.78 Å². The molecule has 0 bridgehead atoms. The van der Waals surface area contributed by atoms with Crippen molar-refractivity contribution >= 4 is 27.5 Å². The molecule has 0 aliphatic carbocycles. The van der Waals surface area contributed by atoms with Crippen molar-refractivity contribution in [3.63, 3.8) is 0 Å². The Labute approximate surface area is 111 Å². The molecule has 1 aromatic carbocycles. The molecule has 1 rings (SSSR count). The summed E-state index contributed by atoms with van der Waals surface area (Å²) in [5.74, 6) is -1.73. The number of rotatable bonds is 6. The lowest BCUT2D eigenvalue weighted by Gasteiger charge is -2.06. The summed E-state index contributed by atoms with van der Waals surface area (Å²) < 4.78 is 29.6. The summed E-state index contributed by atoms with van der Waals surface area (Å²) in [6.07, 6.45) is 0. The fourth-order valence-corrected chi connectivity index (χ4v) is 1.90. The Morgan fingerprint density at radius 3 is 2.21 bits per heavy atom. The summed E-state index contributed by atoms with van der Waals surface area (Å²) in [4.78, 5) is 22.8. The van der Waals surface area contributed by atoms with Crippen LogP contribution in [0.2, 0.25) is 0 Å². The number of Topliss-reactive ketones (excluding diaryl/α,β-unsaturated/α-hetero) is 1. The van der Waals surface area contributed by atoms with E-state index in [9.17, 15) is 18.0 Å². The third-order valence-corrected chi connectivity index (χ3v) is 3.57. The standard InChI is InChI=1S/C12H15NO5S/c1-3-18-12(15)11(14)9-5-7-10(8-6-9)13-19(16,17)4-2/h5-8,13H,3-4H2,1-2H3. The highest BCUT2D eigenvalue weighted by molar-refractivity contribution is 7.92. The Bertz CT molecular complexity index is 562. The second kappa shape index (κ2) is 6.33. The van der Waals surface area contributed by atoms with Crippen LogP contribution >= 0.6 is 0 Å². The lowest BCUT2D eigenvalue weighted by atomic mass is 10.1. The van der Waals surface area contributed by atoms with Crippen molar-refractivity contribution in [2.24, 2.45) is 0 Å². The minimum absolute atomic E-state index is 0.0451. The molecule has 0 amide bonds. The van der Waals surface area contributed by atoms with Crippen LogP contribution < -0.4 is 4.72 Å². The van der Waals surface area contributed by atoms with Crippen molar-refractivity contribution in [3.8, 4) is 0 Å². The minimum atomic E-state index is -3.36. The summed E-state index contributed by atoms with van der Waals surface area (Å²) in [6.45, 7) is 3.24. The number of benzene rings is 1. The number of nitrogens with one attached hydrogen (secondary N) is 1. The number of sulfonamides is 1. The number of hydrogen-bond donors (Lipinski definition) is 1. The largest absolute Gasteiger partial charge is 0.460 e. The van der Waals surface area contributed by atoms with E-state index in [0.29, 0.717) is 5.69 Å². The van der Waals surface area contributed by atoms with Gasteiger partial charge in [-0.15, -0.1) is 0 Å².